The van der Waals surface area contributed by atoms with Gasteiger partial charge < -0.3 is 44.5 Å². The molecule has 3 atom stereocenters. The highest BCUT2D eigenvalue weighted by atomic mass is 35.5. The van der Waals surface area contributed by atoms with Crippen molar-refractivity contribution >= 4 is 46.9 Å². The lowest BCUT2D eigenvalue weighted by atomic mass is 9.90. The van der Waals surface area contributed by atoms with E-state index in [2.05, 4.69) is 30.3 Å². The minimum absolute atomic E-state index is 0.0289. The monoisotopic (exact) mass is 908 g/mol. The minimum atomic E-state index is -5.06. The normalized spacial score (nSPS) is 19.0. The quantitative estimate of drug-likeness (QED) is 0.143. The maximum absolute atomic E-state index is 14.1. The molecule has 0 bridgehead atoms. The Balaban J connectivity index is 1.05. The number of pyridine rings is 1. The lowest BCUT2D eigenvalue weighted by Crippen LogP contribution is -2.53. The van der Waals surface area contributed by atoms with Gasteiger partial charge in [-0.05, 0) is 60.4 Å². The molecule has 5 heterocycles. The predicted octanol–water partition coefficient (Wildman–Crippen LogP) is 7.70. The van der Waals surface area contributed by atoms with Crippen LogP contribution in [0.5, 0.6) is 5.75 Å². The van der Waals surface area contributed by atoms with Crippen LogP contribution in [0.25, 0.3) is 22.4 Å². The van der Waals surface area contributed by atoms with Crippen molar-refractivity contribution in [2.75, 3.05) is 63.3 Å². The lowest BCUT2D eigenvalue weighted by molar-refractivity contribution is -0.274. The molecule has 3 unspecified atom stereocenters. The number of methoxy groups -OCH3 is 1. The van der Waals surface area contributed by atoms with Crippen LogP contribution in [0.3, 0.4) is 0 Å². The van der Waals surface area contributed by atoms with Crippen molar-refractivity contribution in [3.63, 3.8) is 0 Å². The van der Waals surface area contributed by atoms with E-state index in [9.17, 15) is 32.3 Å². The number of likely N-dealkylation sites (tertiary alicyclic amines) is 1. The van der Waals surface area contributed by atoms with E-state index in [0.717, 1.165) is 6.07 Å². The van der Waals surface area contributed by atoms with Gasteiger partial charge in [-0.25, -0.2) is 14.8 Å². The molecule has 0 radical (unpaired) electrons. The average molecular weight is 909 g/mol. The second-order valence-corrected chi connectivity index (χ2v) is 17.8. The number of H-pyrrole nitrogens is 1. The van der Waals surface area contributed by atoms with Gasteiger partial charge in [0, 0.05) is 69.2 Å². The first kappa shape index (κ1) is 46.1. The molecule has 3 N–H and O–H groups in total. The molecule has 19 heteroatoms. The summed E-state index contributed by atoms with van der Waals surface area (Å²) in [5.74, 6) is -0.163. The van der Waals surface area contributed by atoms with Crippen molar-refractivity contribution in [3.05, 3.63) is 77.3 Å². The van der Waals surface area contributed by atoms with Gasteiger partial charge in [0.25, 0.3) is 5.91 Å². The molecule has 0 spiro atoms. The van der Waals surface area contributed by atoms with Crippen LogP contribution in [-0.4, -0.2) is 114 Å². The Bertz CT molecular complexity index is 2320. The van der Waals surface area contributed by atoms with Gasteiger partial charge in [-0.3, -0.25) is 14.4 Å². The van der Waals surface area contributed by atoms with E-state index in [1.807, 2.05) is 37.5 Å². The molecule has 2 aromatic carbocycles. The Labute approximate surface area is 374 Å². The predicted molar refractivity (Wildman–Crippen MR) is 233 cm³/mol. The number of carbonyl (C=O) groups is 4. The summed E-state index contributed by atoms with van der Waals surface area (Å²) in [6.07, 6.45) is -0.879. The summed E-state index contributed by atoms with van der Waals surface area (Å²) < 4.78 is 56.2. The molecule has 4 aromatic rings. The van der Waals surface area contributed by atoms with Gasteiger partial charge >= 0.3 is 12.5 Å². The summed E-state index contributed by atoms with van der Waals surface area (Å²) in [5, 5.41) is 5.31. The molecule has 3 aliphatic rings. The first-order valence-corrected chi connectivity index (χ1v) is 21.6. The van der Waals surface area contributed by atoms with Gasteiger partial charge in [-0.1, -0.05) is 63.6 Å². The van der Waals surface area contributed by atoms with E-state index in [-0.39, 0.29) is 45.5 Å². The number of hydrogen-bond acceptors (Lipinski definition) is 10. The van der Waals surface area contributed by atoms with E-state index < -0.39 is 41.6 Å². The van der Waals surface area contributed by atoms with Crippen LogP contribution >= 0.6 is 11.6 Å². The second kappa shape index (κ2) is 19.1. The maximum Gasteiger partial charge on any atom is 0.573 e. The average Bonchev–Trinajstić information content (AvgIpc) is 3.93. The van der Waals surface area contributed by atoms with Crippen LogP contribution in [0.1, 0.15) is 69.2 Å². The van der Waals surface area contributed by atoms with Crippen molar-refractivity contribution in [1.82, 2.24) is 30.1 Å². The second-order valence-electron chi connectivity index (χ2n) is 17.4. The molecule has 342 valence electrons. The molecular weight excluding hydrogens is 857 g/mol. The van der Waals surface area contributed by atoms with Crippen molar-refractivity contribution in [1.29, 1.82) is 0 Å². The fraction of sp³-hybridized carbons (Fsp3) is 0.467. The number of aromatic nitrogens is 3. The van der Waals surface area contributed by atoms with Crippen LogP contribution < -0.4 is 20.3 Å². The zero-order valence-corrected chi connectivity index (χ0v) is 37.0. The van der Waals surface area contributed by atoms with Gasteiger partial charge in [-0.15, -0.1) is 13.2 Å². The Morgan fingerprint density at radius 2 is 1.62 bits per heavy atom. The number of aromatic amines is 1. The Hall–Kier alpha value is -5.88. The number of halogens is 4. The number of nitrogens with one attached hydrogen (secondary N) is 3. The molecular formula is C45H52ClF3N8O7. The number of alkyl carbamates (subject to hydrolysis) is 1. The Morgan fingerprint density at radius 3 is 2.25 bits per heavy atom. The van der Waals surface area contributed by atoms with Crippen LogP contribution in [-0.2, 0) is 19.1 Å². The number of anilines is 2. The van der Waals surface area contributed by atoms with Gasteiger partial charge in [-0.2, -0.15) is 0 Å². The van der Waals surface area contributed by atoms with Gasteiger partial charge in [0.2, 0.25) is 11.8 Å². The number of benzene rings is 2. The molecule has 4 amide bonds. The number of imidazole rings is 1. The number of ether oxygens (including phenoxy) is 3. The SMILES string of the molecule is COC(=O)NC(C(=O)N1CC(C)CC1c1ncc(-c2ccc(-c3cc(Cl)c(NC(=O)c4ccc(N5CCN(C(=O)C(C)(C)C)CC5)nc4)cc3OC(F)(F)F)cc2)[nH]1)C1CCOCC1. The zero-order chi connectivity index (χ0) is 45.9. The standard InChI is InChI=1S/C45H52ClF3N8O7/c1-26-20-35(57(25-26)41(59)38(54-43(61)62-5)29-12-18-63-19-13-29)39-51-24-34(52-39)28-8-6-27(7-9-28)31-21-32(46)33(22-36(31)64-45(47,48)49)53-40(58)30-10-11-37(50-23-30)55-14-16-56(17-15-55)42(60)44(2,3)4/h6-11,21-24,26,29,35,38H,12-20,25H2,1-5H3,(H,51,52)(H,53,58)(H,54,61). The number of hydrogen-bond donors (Lipinski definition) is 3. The number of carbonyl (C=O) groups excluding carboxylic acids is 4. The summed E-state index contributed by atoms with van der Waals surface area (Å²) in [6, 6.07) is 11.0. The van der Waals surface area contributed by atoms with Gasteiger partial charge in [0.1, 0.15) is 23.4 Å². The highest BCUT2D eigenvalue weighted by molar-refractivity contribution is 6.34. The fourth-order valence-corrected chi connectivity index (χ4v) is 8.64. The number of piperazine rings is 1. The number of rotatable bonds is 10. The molecule has 2 aromatic heterocycles. The summed E-state index contributed by atoms with van der Waals surface area (Å²) in [4.78, 5) is 70.4. The van der Waals surface area contributed by atoms with Crippen LogP contribution in [0.15, 0.2) is 60.9 Å². The molecule has 7 rings (SSSR count). The third kappa shape index (κ3) is 10.7. The van der Waals surface area contributed by atoms with Crippen LogP contribution in [0, 0.1) is 17.3 Å². The van der Waals surface area contributed by atoms with Crippen molar-refractivity contribution in [3.8, 4) is 28.1 Å². The van der Waals surface area contributed by atoms with Crippen LogP contribution in [0.4, 0.5) is 29.5 Å². The summed E-state index contributed by atoms with van der Waals surface area (Å²) in [7, 11) is 1.25. The van der Waals surface area contributed by atoms with Crippen molar-refractivity contribution in [2.24, 2.45) is 17.3 Å². The van der Waals surface area contributed by atoms with E-state index >= 15 is 0 Å². The van der Waals surface area contributed by atoms with Crippen molar-refractivity contribution in [2.45, 2.75) is 65.4 Å². The lowest BCUT2D eigenvalue weighted by Gasteiger charge is -2.38. The Kier molecular flexibility index (Phi) is 13.7. The molecule has 3 fully saturated rings. The highest BCUT2D eigenvalue weighted by Crippen LogP contribution is 2.41. The smallest absolute Gasteiger partial charge is 0.453 e. The molecule has 3 saturated heterocycles. The van der Waals surface area contributed by atoms with Gasteiger partial charge in [0.15, 0.2) is 0 Å². The molecule has 0 aliphatic carbocycles. The van der Waals surface area contributed by atoms with E-state index in [1.54, 1.807) is 47.5 Å². The number of alkyl halides is 3. The molecule has 3 aliphatic heterocycles. The largest absolute Gasteiger partial charge is 0.573 e. The number of amides is 4. The zero-order valence-electron chi connectivity index (χ0n) is 36.3. The van der Waals surface area contributed by atoms with Crippen LogP contribution in [0.2, 0.25) is 5.02 Å². The summed E-state index contributed by atoms with van der Waals surface area (Å²) >= 11 is 6.60. The minimum Gasteiger partial charge on any atom is -0.453 e. The summed E-state index contributed by atoms with van der Waals surface area (Å²) in [5.41, 5.74) is 1.23. The van der Waals surface area contributed by atoms with Crippen molar-refractivity contribution < 1.29 is 46.6 Å². The third-order valence-electron chi connectivity index (χ3n) is 11.8. The van der Waals surface area contributed by atoms with E-state index in [0.29, 0.717) is 93.7 Å². The first-order chi connectivity index (χ1) is 30.4. The topological polar surface area (TPSA) is 171 Å². The number of nitrogens with zero attached hydrogens (tertiary/aromatic N) is 5. The molecule has 64 heavy (non-hydrogen) atoms. The molecule has 15 nitrogen and oxygen atoms in total. The highest BCUT2D eigenvalue weighted by Gasteiger charge is 2.42. The van der Waals surface area contributed by atoms with Gasteiger partial charge in [0.05, 0.1) is 41.3 Å². The maximum atomic E-state index is 14.1. The molecule has 0 saturated carbocycles. The third-order valence-corrected chi connectivity index (χ3v) is 12.1. The van der Waals surface area contributed by atoms with E-state index in [1.165, 1.54) is 19.4 Å². The summed E-state index contributed by atoms with van der Waals surface area (Å²) in [6.45, 7) is 11.3. The first-order valence-electron chi connectivity index (χ1n) is 21.2. The fourth-order valence-electron chi connectivity index (χ4n) is 8.42. The Morgan fingerprint density at radius 1 is 0.938 bits per heavy atom. The van der Waals surface area contributed by atoms with E-state index in [4.69, 9.17) is 21.1 Å².